The van der Waals surface area contributed by atoms with Gasteiger partial charge >= 0.3 is 0 Å². The van der Waals surface area contributed by atoms with Crippen LogP contribution in [0.1, 0.15) is 40.5 Å². The van der Waals surface area contributed by atoms with Crippen LogP contribution in [0.3, 0.4) is 0 Å². The molecule has 0 heterocycles. The molecule has 0 radical (unpaired) electrons. The highest BCUT2D eigenvalue weighted by Gasteiger charge is 2.19. The molecule has 0 aliphatic rings. The lowest BCUT2D eigenvalue weighted by atomic mass is 10.1. The lowest BCUT2D eigenvalue weighted by molar-refractivity contribution is 0.110. The van der Waals surface area contributed by atoms with E-state index < -0.39 is 0 Å². The lowest BCUT2D eigenvalue weighted by Gasteiger charge is -2.32. The summed E-state index contributed by atoms with van der Waals surface area (Å²) in [5, 5.41) is 12.5. The molecule has 0 spiro atoms. The molecule has 0 aromatic rings. The van der Waals surface area contributed by atoms with Gasteiger partial charge in [-0.25, -0.2) is 0 Å². The van der Waals surface area contributed by atoms with Crippen LogP contribution in [0.2, 0.25) is 0 Å². The zero-order valence-corrected chi connectivity index (χ0v) is 12.6. The number of hydrogen-bond acceptors (Lipinski definition) is 4. The molecule has 4 nitrogen and oxygen atoms in total. The topological polar surface area (TPSA) is 48.3 Å². The molecule has 106 valence electrons. The SMILES string of the molecule is CCC(CC)N(CCOC)CC(C#N)NC(C)C. The van der Waals surface area contributed by atoms with Gasteiger partial charge in [0.1, 0.15) is 6.04 Å². The summed E-state index contributed by atoms with van der Waals surface area (Å²) in [5.41, 5.74) is 0. The average Bonchev–Trinajstić information content (AvgIpc) is 2.35. The van der Waals surface area contributed by atoms with Crippen molar-refractivity contribution in [3.05, 3.63) is 0 Å². The lowest BCUT2D eigenvalue weighted by Crippen LogP contribution is -2.47. The van der Waals surface area contributed by atoms with Crippen LogP contribution in [0.4, 0.5) is 0 Å². The predicted molar refractivity (Wildman–Crippen MR) is 75.5 cm³/mol. The van der Waals surface area contributed by atoms with E-state index in [2.05, 4.69) is 44.0 Å². The Balaban J connectivity index is 4.49. The van der Waals surface area contributed by atoms with Crippen molar-refractivity contribution in [3.63, 3.8) is 0 Å². The normalized spacial score (nSPS) is 13.3. The van der Waals surface area contributed by atoms with Gasteiger partial charge in [0.2, 0.25) is 0 Å². The highest BCUT2D eigenvalue weighted by Crippen LogP contribution is 2.09. The van der Waals surface area contributed by atoms with Crippen LogP contribution >= 0.6 is 0 Å². The first-order chi connectivity index (χ1) is 8.58. The van der Waals surface area contributed by atoms with E-state index in [0.717, 1.165) is 32.5 Å². The maximum Gasteiger partial charge on any atom is 0.108 e. The first kappa shape index (κ1) is 17.4. The van der Waals surface area contributed by atoms with E-state index in [1.54, 1.807) is 7.11 Å². The van der Waals surface area contributed by atoms with Gasteiger partial charge in [-0.3, -0.25) is 10.2 Å². The quantitative estimate of drug-likeness (QED) is 0.649. The van der Waals surface area contributed by atoms with E-state index in [0.29, 0.717) is 12.1 Å². The Morgan fingerprint density at radius 3 is 2.28 bits per heavy atom. The average molecular weight is 255 g/mol. The molecule has 0 aliphatic carbocycles. The van der Waals surface area contributed by atoms with E-state index in [4.69, 9.17) is 4.74 Å². The number of nitrogens with one attached hydrogen (secondary N) is 1. The number of rotatable bonds is 10. The van der Waals surface area contributed by atoms with Gasteiger partial charge in [0.25, 0.3) is 0 Å². The van der Waals surface area contributed by atoms with Gasteiger partial charge in [0.05, 0.1) is 12.7 Å². The largest absolute Gasteiger partial charge is 0.383 e. The summed E-state index contributed by atoms with van der Waals surface area (Å²) in [6.07, 6.45) is 2.22. The Morgan fingerprint density at radius 2 is 1.89 bits per heavy atom. The third-order valence-electron chi connectivity index (χ3n) is 3.15. The first-order valence-electron chi connectivity index (χ1n) is 6.97. The van der Waals surface area contributed by atoms with Gasteiger partial charge in [-0.1, -0.05) is 13.8 Å². The van der Waals surface area contributed by atoms with Crippen molar-refractivity contribution in [1.82, 2.24) is 10.2 Å². The van der Waals surface area contributed by atoms with Crippen LogP contribution in [0.15, 0.2) is 0 Å². The molecule has 4 heteroatoms. The van der Waals surface area contributed by atoms with Gasteiger partial charge in [-0.15, -0.1) is 0 Å². The van der Waals surface area contributed by atoms with Crippen molar-refractivity contribution in [3.8, 4) is 6.07 Å². The molecule has 0 saturated heterocycles. The molecule has 0 aromatic carbocycles. The molecule has 1 atom stereocenters. The molecule has 0 aromatic heterocycles. The van der Waals surface area contributed by atoms with Crippen molar-refractivity contribution in [2.45, 2.75) is 58.7 Å². The Morgan fingerprint density at radius 1 is 1.28 bits per heavy atom. The van der Waals surface area contributed by atoms with Gasteiger partial charge < -0.3 is 4.74 Å². The van der Waals surface area contributed by atoms with Crippen LogP contribution in [-0.4, -0.2) is 49.8 Å². The van der Waals surface area contributed by atoms with E-state index in [1.165, 1.54) is 0 Å². The number of nitrogens with zero attached hydrogens (tertiary/aromatic N) is 2. The first-order valence-corrected chi connectivity index (χ1v) is 6.97. The van der Waals surface area contributed by atoms with Crippen LogP contribution in [0.5, 0.6) is 0 Å². The zero-order chi connectivity index (χ0) is 14.0. The summed E-state index contributed by atoms with van der Waals surface area (Å²) in [7, 11) is 1.72. The second-order valence-corrected chi connectivity index (χ2v) is 4.96. The van der Waals surface area contributed by atoms with Gasteiger partial charge in [0.15, 0.2) is 0 Å². The van der Waals surface area contributed by atoms with E-state index in [1.807, 2.05) is 0 Å². The van der Waals surface area contributed by atoms with Crippen molar-refractivity contribution < 1.29 is 4.74 Å². The minimum atomic E-state index is -0.109. The standard InChI is InChI=1S/C14H29N3O/c1-6-14(7-2)17(8-9-18-5)11-13(10-15)16-12(3)4/h12-14,16H,6-9,11H2,1-5H3. The van der Waals surface area contributed by atoms with Crippen LogP contribution < -0.4 is 5.32 Å². The second kappa shape index (κ2) is 10.3. The third kappa shape index (κ3) is 6.95. The molecular weight excluding hydrogens is 226 g/mol. The van der Waals surface area contributed by atoms with Gasteiger partial charge in [0, 0.05) is 32.3 Å². The molecule has 1 unspecified atom stereocenters. The number of hydrogen-bond donors (Lipinski definition) is 1. The summed E-state index contributed by atoms with van der Waals surface area (Å²) in [6.45, 7) is 10.9. The van der Waals surface area contributed by atoms with E-state index in [9.17, 15) is 5.26 Å². The Kier molecular flexibility index (Phi) is 9.95. The molecule has 0 aliphatic heterocycles. The van der Waals surface area contributed by atoms with E-state index >= 15 is 0 Å². The van der Waals surface area contributed by atoms with Crippen molar-refractivity contribution in [2.75, 3.05) is 26.8 Å². The Labute approximate surface area is 112 Å². The minimum absolute atomic E-state index is 0.109. The van der Waals surface area contributed by atoms with Crippen LogP contribution in [-0.2, 0) is 4.74 Å². The maximum atomic E-state index is 9.21. The molecular formula is C14H29N3O. The summed E-state index contributed by atoms with van der Waals surface area (Å²) >= 11 is 0. The predicted octanol–water partition coefficient (Wildman–Crippen LogP) is 2.01. The van der Waals surface area contributed by atoms with Crippen molar-refractivity contribution >= 4 is 0 Å². The second-order valence-electron chi connectivity index (χ2n) is 4.96. The Bertz CT molecular complexity index is 234. The summed E-state index contributed by atoms with van der Waals surface area (Å²) < 4.78 is 5.16. The van der Waals surface area contributed by atoms with E-state index in [-0.39, 0.29) is 6.04 Å². The number of nitriles is 1. The fraction of sp³-hybridized carbons (Fsp3) is 0.929. The molecule has 0 bridgehead atoms. The summed E-state index contributed by atoms with van der Waals surface area (Å²) in [5.74, 6) is 0. The fourth-order valence-corrected chi connectivity index (χ4v) is 2.20. The monoisotopic (exact) mass is 255 g/mol. The highest BCUT2D eigenvalue weighted by molar-refractivity contribution is 4.94. The number of ether oxygens (including phenoxy) is 1. The van der Waals surface area contributed by atoms with Crippen LogP contribution in [0, 0.1) is 11.3 Å². The summed E-state index contributed by atoms with van der Waals surface area (Å²) in [4.78, 5) is 2.37. The maximum absolute atomic E-state index is 9.21. The van der Waals surface area contributed by atoms with Gasteiger partial charge in [-0.05, 0) is 26.7 Å². The van der Waals surface area contributed by atoms with Crippen molar-refractivity contribution in [1.29, 1.82) is 5.26 Å². The highest BCUT2D eigenvalue weighted by atomic mass is 16.5. The van der Waals surface area contributed by atoms with Crippen LogP contribution in [0.25, 0.3) is 0 Å². The minimum Gasteiger partial charge on any atom is -0.383 e. The smallest absolute Gasteiger partial charge is 0.108 e. The van der Waals surface area contributed by atoms with Gasteiger partial charge in [-0.2, -0.15) is 5.26 Å². The molecule has 0 rings (SSSR count). The molecule has 0 saturated carbocycles. The summed E-state index contributed by atoms with van der Waals surface area (Å²) in [6, 6.07) is 3.11. The number of methoxy groups -OCH3 is 1. The van der Waals surface area contributed by atoms with Crippen molar-refractivity contribution in [2.24, 2.45) is 0 Å². The molecule has 0 fully saturated rings. The zero-order valence-electron chi connectivity index (χ0n) is 12.6. The molecule has 1 N–H and O–H groups in total. The molecule has 0 amide bonds. The Hall–Kier alpha value is -0.630. The molecule has 18 heavy (non-hydrogen) atoms. The fourth-order valence-electron chi connectivity index (χ4n) is 2.20. The third-order valence-corrected chi connectivity index (χ3v) is 3.15.